The molecule has 9 aliphatic rings. The first kappa shape index (κ1) is 63.3. The second-order valence-corrected chi connectivity index (χ2v) is 24.8. The Kier molecular flexibility index (Phi) is 18.2. The number of hydrogen-bond donors (Lipinski definition) is 6. The molecule has 3 aliphatic carbocycles. The molecular weight excluding hydrogens is 1100 g/mol. The zero-order valence-corrected chi connectivity index (χ0v) is 47.4. The van der Waals surface area contributed by atoms with Gasteiger partial charge in [0.25, 0.3) is 25.2 Å². The summed E-state index contributed by atoms with van der Waals surface area (Å²) >= 11 is 15.9. The van der Waals surface area contributed by atoms with Gasteiger partial charge in [-0.3, -0.25) is 43.0 Å². The van der Waals surface area contributed by atoms with E-state index in [1.54, 1.807) is 53.1 Å². The van der Waals surface area contributed by atoms with Gasteiger partial charge in [0, 0.05) is 47.4 Å². The summed E-state index contributed by atoms with van der Waals surface area (Å²) in [4.78, 5) is 43.2. The Labute approximate surface area is 477 Å². The number of nitriles is 1. The number of aryl methyl sites for hydroxylation is 3. The molecule has 0 radical (unpaired) electrons. The van der Waals surface area contributed by atoms with Crippen LogP contribution in [0.3, 0.4) is 0 Å². The Morgan fingerprint density at radius 1 is 0.658 bits per heavy atom. The van der Waals surface area contributed by atoms with Crippen molar-refractivity contribution in [2.75, 3.05) is 13.2 Å². The fourth-order valence-corrected chi connectivity index (χ4v) is 15.4. The maximum atomic E-state index is 12.1. The molecule has 0 aromatic carbocycles. The fraction of sp³-hybridized carbons (Fsp3) is 0.755. The fourth-order valence-electron chi connectivity index (χ4n) is 12.8. The summed E-state index contributed by atoms with van der Waals surface area (Å²) in [6.07, 6.45) is 6.89. The number of aromatic nitrogens is 6. The third-order valence-corrected chi connectivity index (χ3v) is 20.1. The standard InChI is InChI=1S/C23H35N4O5PS.C14H18N2O4S.C13H16N2O5S.3CH4/c1-7-23-18(32-33(29-12-8-11-24)27(14(2)3)15(4)5)17(30-22(23)9-10-22)20(31-23)26-13-16(6)19(28)25-21(26)34;1-3-14-9(17)8(19-13(14)4-5-13)11(20-14)16-6-7(2)10(18)15-12(16)21;1-6-4-15(11(21)14-9(6)18)10-7-8(17)13(5-16,20-10)12(19-7)2-3-12;;;/h13-15,17-18,20H,7-10,12H2,1-6H3,(H,25,28,34);6,8-9,11,17H,3-5H2,1-2H3,(H,15,18,21);4,7-8,10,16-17H,2-3,5H2,1H3,(H,14,18,21);3*1H4/t17-,18?,20+,23+,33?;8-,9?,11+,14+;7-,8?,10+,13+;;;/m000.../s1. The minimum Gasteiger partial charge on any atom is -0.393 e. The number of aliphatic hydroxyl groups is 3. The predicted octanol–water partition coefficient (Wildman–Crippen LogP) is 7.34. The van der Waals surface area contributed by atoms with Gasteiger partial charge in [0.05, 0.1) is 25.7 Å². The van der Waals surface area contributed by atoms with E-state index in [9.17, 15) is 29.7 Å². The smallest absolute Gasteiger partial charge is 0.259 e. The van der Waals surface area contributed by atoms with Crippen molar-refractivity contribution >= 4 is 45.2 Å². The highest BCUT2D eigenvalue weighted by Crippen LogP contribution is 2.69. The molecular formula is C53H81N8O14PS3. The van der Waals surface area contributed by atoms with Crippen molar-refractivity contribution in [3.8, 4) is 6.07 Å². The zero-order valence-electron chi connectivity index (χ0n) is 44.1. The Hall–Kier alpha value is -3.26. The molecule has 26 heteroatoms. The molecule has 22 nitrogen and oxygen atoms in total. The van der Waals surface area contributed by atoms with Crippen LogP contribution in [0, 0.1) is 46.4 Å². The number of hydrogen-bond acceptors (Lipinski definition) is 19. The topological polar surface area (TPSA) is 275 Å². The second-order valence-electron chi connectivity index (χ2n) is 22.2. The zero-order chi connectivity index (χ0) is 54.8. The van der Waals surface area contributed by atoms with Gasteiger partial charge in [0.1, 0.15) is 64.6 Å². The maximum absolute atomic E-state index is 12.1. The van der Waals surface area contributed by atoms with Gasteiger partial charge in [0.15, 0.2) is 38.6 Å². The highest BCUT2D eigenvalue weighted by molar-refractivity contribution is 7.71. The van der Waals surface area contributed by atoms with Gasteiger partial charge in [-0.25, -0.2) is 4.67 Å². The van der Waals surface area contributed by atoms with Gasteiger partial charge < -0.3 is 52.8 Å². The van der Waals surface area contributed by atoms with Crippen LogP contribution in [0.1, 0.15) is 157 Å². The highest BCUT2D eigenvalue weighted by Gasteiger charge is 2.80. The summed E-state index contributed by atoms with van der Waals surface area (Å²) in [6, 6.07) is 2.52. The summed E-state index contributed by atoms with van der Waals surface area (Å²) in [7, 11) is -1.47. The minimum atomic E-state index is -1.47. The summed E-state index contributed by atoms with van der Waals surface area (Å²) in [6.45, 7) is 17.7. The van der Waals surface area contributed by atoms with E-state index in [4.69, 9.17) is 79.4 Å². The third-order valence-electron chi connectivity index (χ3n) is 17.1. The lowest BCUT2D eigenvalue weighted by Gasteiger charge is -2.40. The number of ether oxygens (including phenoxy) is 6. The van der Waals surface area contributed by atoms with Crippen LogP contribution in [-0.4, -0.2) is 144 Å². The molecule has 13 atom stereocenters. The summed E-state index contributed by atoms with van der Waals surface area (Å²) in [5, 5.41) is 39.9. The Balaban J connectivity index is 0.000000175. The number of rotatable bonds is 14. The summed E-state index contributed by atoms with van der Waals surface area (Å²) < 4.78 is 58.9. The Bertz CT molecular complexity index is 3030. The van der Waals surface area contributed by atoms with E-state index in [1.165, 1.54) is 0 Å². The highest BCUT2D eigenvalue weighted by atomic mass is 32.1. The predicted molar refractivity (Wildman–Crippen MR) is 301 cm³/mol. The average molecular weight is 1180 g/mol. The van der Waals surface area contributed by atoms with Gasteiger partial charge in [-0.1, -0.05) is 36.1 Å². The Morgan fingerprint density at radius 3 is 1.39 bits per heavy atom. The monoisotopic (exact) mass is 1180 g/mol. The average Bonchev–Trinajstić information content (AvgIpc) is 3.81. The number of aliphatic hydroxyl groups excluding tert-OH is 3. The second kappa shape index (κ2) is 22.7. The summed E-state index contributed by atoms with van der Waals surface area (Å²) in [5.41, 5.74) is -2.70. The number of nitrogens with one attached hydrogen (secondary N) is 3. The molecule has 6 saturated heterocycles. The maximum Gasteiger partial charge on any atom is 0.259 e. The molecule has 4 unspecified atom stereocenters. The van der Waals surface area contributed by atoms with E-state index in [0.717, 1.165) is 38.5 Å². The van der Waals surface area contributed by atoms with Gasteiger partial charge in [-0.05, 0) is 136 Å². The summed E-state index contributed by atoms with van der Waals surface area (Å²) in [5.74, 6) is 0. The largest absolute Gasteiger partial charge is 0.393 e. The molecule has 6 N–H and O–H groups in total. The van der Waals surface area contributed by atoms with Crippen LogP contribution >= 0.6 is 45.2 Å². The van der Waals surface area contributed by atoms with Gasteiger partial charge >= 0.3 is 0 Å². The normalized spacial score (nSPS) is 33.7. The van der Waals surface area contributed by atoms with Crippen LogP contribution < -0.4 is 16.7 Å². The van der Waals surface area contributed by atoms with E-state index in [2.05, 4.69) is 60.3 Å². The van der Waals surface area contributed by atoms with E-state index in [0.29, 0.717) is 47.3 Å². The van der Waals surface area contributed by atoms with Crippen molar-refractivity contribution in [1.82, 2.24) is 33.3 Å². The van der Waals surface area contributed by atoms with Crippen LogP contribution in [0.2, 0.25) is 0 Å². The van der Waals surface area contributed by atoms with Crippen molar-refractivity contribution in [2.45, 2.75) is 243 Å². The van der Waals surface area contributed by atoms with Crippen LogP contribution in [0.25, 0.3) is 0 Å². The molecule has 3 aromatic heterocycles. The van der Waals surface area contributed by atoms with E-state index < -0.39 is 80.1 Å². The first-order valence-corrected chi connectivity index (χ1v) is 28.6. The molecule has 9 heterocycles. The van der Waals surface area contributed by atoms with Crippen molar-refractivity contribution < 1.29 is 52.8 Å². The Morgan fingerprint density at radius 2 is 1.01 bits per heavy atom. The lowest BCUT2D eigenvalue weighted by atomic mass is 9.88. The van der Waals surface area contributed by atoms with Crippen molar-refractivity contribution in [1.29, 1.82) is 5.26 Å². The molecule has 440 valence electrons. The SMILES string of the molecule is C.C.C.CC[C@]12O[C@@H](n3cc(C)c(=O)[nH]c3=S)[C@@H](OC13CC3)C2O.CC[C@]12O[C@@H](n3cc(C)c(=O)[nH]c3=S)[C@@H](OC13CC3)C2OP(OCCC#N)N(C(C)C)C(C)C.Cc1cn([C@@H]2O[C@]3(CO)C(O)[C@@H]2OC32CC2)c(=S)[nH]c1=O. The number of aromatic amines is 3. The van der Waals surface area contributed by atoms with E-state index >= 15 is 0 Å². The molecule has 6 bridgehead atoms. The molecule has 79 heavy (non-hydrogen) atoms. The molecule has 0 amide bonds. The molecule has 9 fully saturated rings. The quantitative estimate of drug-likeness (QED) is 0.0523. The first-order chi connectivity index (χ1) is 36.0. The molecule has 6 aliphatic heterocycles. The van der Waals surface area contributed by atoms with Crippen LogP contribution in [0.5, 0.6) is 0 Å². The number of H-pyrrole nitrogens is 3. The number of nitrogens with zero attached hydrogens (tertiary/aromatic N) is 5. The van der Waals surface area contributed by atoms with Gasteiger partial charge in [-0.2, -0.15) is 5.26 Å². The van der Waals surface area contributed by atoms with Crippen molar-refractivity contribution in [3.63, 3.8) is 0 Å². The molecule has 3 saturated carbocycles. The molecule has 12 rings (SSSR count). The van der Waals surface area contributed by atoms with Crippen LogP contribution in [0.15, 0.2) is 33.0 Å². The van der Waals surface area contributed by atoms with E-state index in [1.807, 2.05) is 6.92 Å². The van der Waals surface area contributed by atoms with E-state index in [-0.39, 0.29) is 84.5 Å². The van der Waals surface area contributed by atoms with Gasteiger partial charge in [-0.15, -0.1) is 0 Å². The van der Waals surface area contributed by atoms with Gasteiger partial charge in [0.2, 0.25) is 0 Å². The van der Waals surface area contributed by atoms with Crippen LogP contribution in [0.4, 0.5) is 0 Å². The van der Waals surface area contributed by atoms with Crippen LogP contribution in [-0.2, 0) is 37.5 Å². The lowest BCUT2D eigenvalue weighted by molar-refractivity contribution is -0.235. The van der Waals surface area contributed by atoms with Crippen molar-refractivity contribution in [3.05, 3.63) is 80.7 Å². The third kappa shape index (κ3) is 9.81. The molecule has 3 spiro atoms. The van der Waals surface area contributed by atoms with Crippen molar-refractivity contribution in [2.24, 2.45) is 0 Å². The minimum absolute atomic E-state index is 0. The lowest BCUT2D eigenvalue weighted by Crippen LogP contribution is -2.52. The number of fused-ring (bicyclic) bond motifs is 9. The first-order valence-electron chi connectivity index (χ1n) is 26.2. The molecule has 3 aromatic rings.